The summed E-state index contributed by atoms with van der Waals surface area (Å²) in [6, 6.07) is 16.3. The highest BCUT2D eigenvalue weighted by molar-refractivity contribution is 7.89. The van der Waals surface area contributed by atoms with Gasteiger partial charge < -0.3 is 5.32 Å². The van der Waals surface area contributed by atoms with Gasteiger partial charge in [-0.3, -0.25) is 0 Å². The minimum Gasteiger partial charge on any atom is -0.365 e. The first kappa shape index (κ1) is 19.0. The Balaban J connectivity index is 1.56. The predicted octanol–water partition coefficient (Wildman–Crippen LogP) is 2.45. The van der Waals surface area contributed by atoms with Gasteiger partial charge in [-0.05, 0) is 49.0 Å². The Labute approximate surface area is 166 Å². The maximum absolute atomic E-state index is 14.1. The highest BCUT2D eigenvalue weighted by Crippen LogP contribution is 2.21. The van der Waals surface area contributed by atoms with E-state index in [0.717, 1.165) is 5.56 Å². The highest BCUT2D eigenvalue weighted by atomic mass is 32.2. The van der Waals surface area contributed by atoms with Crippen LogP contribution in [0.4, 0.5) is 10.2 Å². The smallest absolute Gasteiger partial charge is 0.240 e. The molecule has 0 radical (unpaired) electrons. The normalized spacial score (nSPS) is 11.7. The van der Waals surface area contributed by atoms with E-state index in [1.807, 2.05) is 0 Å². The zero-order valence-electron chi connectivity index (χ0n) is 15.4. The summed E-state index contributed by atoms with van der Waals surface area (Å²) in [5.74, 6) is 0.448. The first-order valence-electron chi connectivity index (χ1n) is 8.72. The molecule has 10 heteroatoms. The van der Waals surface area contributed by atoms with Crippen molar-refractivity contribution in [3.8, 4) is 11.4 Å². The lowest BCUT2D eigenvalue weighted by molar-refractivity contribution is 0.588. The first-order valence-corrected chi connectivity index (χ1v) is 10.2. The number of benzene rings is 2. The number of fused-ring (bicyclic) bond motifs is 1. The van der Waals surface area contributed by atoms with Gasteiger partial charge in [0.2, 0.25) is 10.0 Å². The number of aromatic nitrogens is 4. The van der Waals surface area contributed by atoms with Gasteiger partial charge in [0.15, 0.2) is 11.5 Å². The van der Waals surface area contributed by atoms with E-state index < -0.39 is 15.8 Å². The van der Waals surface area contributed by atoms with E-state index in [9.17, 15) is 12.8 Å². The van der Waals surface area contributed by atoms with Crippen LogP contribution in [0, 0.1) is 5.82 Å². The van der Waals surface area contributed by atoms with Crippen LogP contribution >= 0.6 is 0 Å². The van der Waals surface area contributed by atoms with Crippen LogP contribution in [0.3, 0.4) is 0 Å². The van der Waals surface area contributed by atoms with Gasteiger partial charge in [0.1, 0.15) is 11.6 Å². The molecule has 148 valence electrons. The lowest BCUT2D eigenvalue weighted by Crippen LogP contribution is -2.18. The molecule has 0 amide bonds. The largest absolute Gasteiger partial charge is 0.365 e. The van der Waals surface area contributed by atoms with E-state index in [0.29, 0.717) is 29.4 Å². The van der Waals surface area contributed by atoms with Crippen molar-refractivity contribution in [3.63, 3.8) is 0 Å². The maximum atomic E-state index is 14.1. The zero-order valence-corrected chi connectivity index (χ0v) is 16.2. The fourth-order valence-corrected chi connectivity index (χ4v) is 3.52. The molecule has 2 N–H and O–H groups in total. The third kappa shape index (κ3) is 3.80. The second kappa shape index (κ2) is 7.57. The molecule has 0 aliphatic rings. The molecule has 0 saturated heterocycles. The van der Waals surface area contributed by atoms with Crippen LogP contribution in [0.25, 0.3) is 17.0 Å². The first-order chi connectivity index (χ1) is 14.0. The molecule has 0 fully saturated rings. The lowest BCUT2D eigenvalue weighted by atomic mass is 10.2. The van der Waals surface area contributed by atoms with Gasteiger partial charge in [-0.25, -0.2) is 17.5 Å². The third-order valence-electron chi connectivity index (χ3n) is 4.35. The molecule has 2 aromatic carbocycles. The molecule has 0 spiro atoms. The fourth-order valence-electron chi connectivity index (χ4n) is 2.79. The van der Waals surface area contributed by atoms with Crippen LogP contribution in [-0.2, 0) is 16.6 Å². The molecule has 0 saturated carbocycles. The molecule has 4 rings (SSSR count). The molecular formula is C19H17FN6O2S. The molecule has 0 aliphatic carbocycles. The van der Waals surface area contributed by atoms with Crippen LogP contribution in [0.2, 0.25) is 0 Å². The third-order valence-corrected chi connectivity index (χ3v) is 5.78. The van der Waals surface area contributed by atoms with Crippen LogP contribution in [-0.4, -0.2) is 35.3 Å². The molecule has 2 aromatic heterocycles. The quantitative estimate of drug-likeness (QED) is 0.505. The summed E-state index contributed by atoms with van der Waals surface area (Å²) < 4.78 is 41.4. The van der Waals surface area contributed by atoms with Crippen molar-refractivity contribution in [3.05, 3.63) is 72.0 Å². The number of nitrogens with one attached hydrogen (secondary N) is 2. The molecular weight excluding hydrogens is 395 g/mol. The molecule has 0 aliphatic heterocycles. The van der Waals surface area contributed by atoms with E-state index >= 15 is 0 Å². The van der Waals surface area contributed by atoms with Gasteiger partial charge in [0, 0.05) is 6.54 Å². The summed E-state index contributed by atoms with van der Waals surface area (Å²) in [4.78, 5) is 0.197. The predicted molar refractivity (Wildman–Crippen MR) is 106 cm³/mol. The summed E-state index contributed by atoms with van der Waals surface area (Å²) in [7, 11) is -2.10. The van der Waals surface area contributed by atoms with Gasteiger partial charge in [-0.1, -0.05) is 24.3 Å². The van der Waals surface area contributed by atoms with Gasteiger partial charge in [-0.15, -0.1) is 15.3 Å². The number of hydrogen-bond acceptors (Lipinski definition) is 6. The summed E-state index contributed by atoms with van der Waals surface area (Å²) in [5.41, 5.74) is 1.68. The van der Waals surface area contributed by atoms with Gasteiger partial charge >= 0.3 is 0 Å². The monoisotopic (exact) mass is 412 g/mol. The van der Waals surface area contributed by atoms with Crippen molar-refractivity contribution in [2.75, 3.05) is 12.4 Å². The Morgan fingerprint density at radius 1 is 1.00 bits per heavy atom. The van der Waals surface area contributed by atoms with Crippen molar-refractivity contribution in [2.24, 2.45) is 0 Å². The van der Waals surface area contributed by atoms with Crippen LogP contribution in [0.15, 0.2) is 65.6 Å². The van der Waals surface area contributed by atoms with E-state index in [-0.39, 0.29) is 4.90 Å². The molecule has 0 atom stereocenters. The summed E-state index contributed by atoms with van der Waals surface area (Å²) in [6.45, 7) is 0.426. The number of halogens is 1. The highest BCUT2D eigenvalue weighted by Gasteiger charge is 2.14. The van der Waals surface area contributed by atoms with E-state index in [2.05, 4.69) is 25.3 Å². The molecule has 0 unspecified atom stereocenters. The standard InChI is InChI=1S/C19H17FN6O2S/c1-21-29(27,28)14-8-6-13(7-9-14)12-22-17-10-11-18-23-24-19(26(18)25-17)15-4-2-3-5-16(15)20/h2-11,21H,12H2,1H3,(H,22,25). The number of anilines is 1. The van der Waals surface area contributed by atoms with Crippen molar-refractivity contribution < 1.29 is 12.8 Å². The van der Waals surface area contributed by atoms with Crippen molar-refractivity contribution in [1.29, 1.82) is 0 Å². The van der Waals surface area contributed by atoms with Crippen molar-refractivity contribution >= 4 is 21.5 Å². The minimum absolute atomic E-state index is 0.197. The van der Waals surface area contributed by atoms with Crippen LogP contribution in [0.5, 0.6) is 0 Å². The molecule has 8 nitrogen and oxygen atoms in total. The Morgan fingerprint density at radius 2 is 1.76 bits per heavy atom. The SMILES string of the molecule is CNS(=O)(=O)c1ccc(CNc2ccc3nnc(-c4ccccc4F)n3n2)cc1. The lowest BCUT2D eigenvalue weighted by Gasteiger charge is -2.08. The summed E-state index contributed by atoms with van der Waals surface area (Å²) in [5, 5.41) is 15.7. The zero-order chi connectivity index (χ0) is 20.4. The molecule has 0 bridgehead atoms. The van der Waals surface area contributed by atoms with Crippen LogP contribution < -0.4 is 10.0 Å². The fraction of sp³-hybridized carbons (Fsp3) is 0.105. The minimum atomic E-state index is -3.47. The Morgan fingerprint density at radius 3 is 2.48 bits per heavy atom. The van der Waals surface area contributed by atoms with E-state index in [1.165, 1.54) is 29.8 Å². The average Bonchev–Trinajstić information content (AvgIpc) is 3.16. The van der Waals surface area contributed by atoms with Gasteiger partial charge in [-0.2, -0.15) is 4.52 Å². The Hall–Kier alpha value is -3.37. The molecule has 29 heavy (non-hydrogen) atoms. The second-order valence-corrected chi connectivity index (χ2v) is 8.08. The summed E-state index contributed by atoms with van der Waals surface area (Å²) >= 11 is 0. The number of sulfonamides is 1. The van der Waals surface area contributed by atoms with Gasteiger partial charge in [0.25, 0.3) is 0 Å². The van der Waals surface area contributed by atoms with Gasteiger partial charge in [0.05, 0.1) is 10.5 Å². The maximum Gasteiger partial charge on any atom is 0.240 e. The topological polar surface area (TPSA) is 101 Å². The van der Waals surface area contributed by atoms with Crippen molar-refractivity contribution in [2.45, 2.75) is 11.4 Å². The van der Waals surface area contributed by atoms with Crippen LogP contribution in [0.1, 0.15) is 5.56 Å². The Bertz CT molecular complexity index is 1270. The Kier molecular flexibility index (Phi) is 4.95. The average molecular weight is 412 g/mol. The molecule has 4 aromatic rings. The second-order valence-electron chi connectivity index (χ2n) is 6.20. The van der Waals surface area contributed by atoms with Crippen molar-refractivity contribution in [1.82, 2.24) is 24.5 Å². The number of nitrogens with zero attached hydrogens (tertiary/aromatic N) is 4. The summed E-state index contributed by atoms with van der Waals surface area (Å²) in [6.07, 6.45) is 0. The molecule has 2 heterocycles. The van der Waals surface area contributed by atoms with E-state index in [4.69, 9.17) is 0 Å². The van der Waals surface area contributed by atoms with E-state index in [1.54, 1.807) is 42.5 Å². The number of hydrogen-bond donors (Lipinski definition) is 2. The number of rotatable bonds is 6.